The van der Waals surface area contributed by atoms with Gasteiger partial charge in [0.25, 0.3) is 0 Å². The number of benzene rings is 1. The smallest absolute Gasteiger partial charge is 0.0690 e. The van der Waals surface area contributed by atoms with E-state index in [1.807, 2.05) is 37.5 Å². The SMILES string of the molecule is CNC1=CC(C)/C(=C\Nc2ccc(/C(C=N)=C/N)cc2)S1. The summed E-state index contributed by atoms with van der Waals surface area (Å²) >= 11 is 1.75. The Hall–Kier alpha value is -2.14. The van der Waals surface area contributed by atoms with Crippen LogP contribution in [0.5, 0.6) is 0 Å². The van der Waals surface area contributed by atoms with Crippen LogP contribution in [0.25, 0.3) is 5.57 Å². The van der Waals surface area contributed by atoms with Gasteiger partial charge in [0.2, 0.25) is 0 Å². The maximum absolute atomic E-state index is 7.29. The minimum Gasteiger partial charge on any atom is -0.404 e. The lowest BCUT2D eigenvalue weighted by Gasteiger charge is -2.07. The van der Waals surface area contributed by atoms with Crippen molar-refractivity contribution in [3.63, 3.8) is 0 Å². The van der Waals surface area contributed by atoms with Crippen molar-refractivity contribution in [3.8, 4) is 0 Å². The van der Waals surface area contributed by atoms with Gasteiger partial charge in [-0.25, -0.2) is 0 Å². The summed E-state index contributed by atoms with van der Waals surface area (Å²) in [5.41, 5.74) is 8.14. The standard InChI is InChI=1S/C16H20N4S/c1-11-7-16(19-2)21-15(11)10-20-14-5-3-12(4-6-14)13(8-17)9-18/h3-11,17,19-20H,18H2,1-2H3/b13-9+,15-10+,17-8?. The molecule has 0 bridgehead atoms. The number of allylic oxidation sites excluding steroid dienone is 3. The van der Waals surface area contributed by atoms with Crippen LogP contribution in [0.4, 0.5) is 5.69 Å². The molecule has 5 heteroatoms. The van der Waals surface area contributed by atoms with E-state index < -0.39 is 0 Å². The average molecular weight is 300 g/mol. The van der Waals surface area contributed by atoms with Crippen LogP contribution in [0.15, 0.2) is 52.7 Å². The zero-order chi connectivity index (χ0) is 15.2. The lowest BCUT2D eigenvalue weighted by Crippen LogP contribution is -1.98. The lowest BCUT2D eigenvalue weighted by atomic mass is 10.1. The Morgan fingerprint density at radius 3 is 2.57 bits per heavy atom. The van der Waals surface area contributed by atoms with Crippen molar-refractivity contribution in [2.45, 2.75) is 6.92 Å². The summed E-state index contributed by atoms with van der Waals surface area (Å²) < 4.78 is 0. The third-order valence-corrected chi connectivity index (χ3v) is 4.54. The van der Waals surface area contributed by atoms with Crippen LogP contribution >= 0.6 is 11.8 Å². The van der Waals surface area contributed by atoms with Crippen LogP contribution in [0, 0.1) is 11.3 Å². The molecule has 0 radical (unpaired) electrons. The Morgan fingerprint density at radius 2 is 2.05 bits per heavy atom. The van der Waals surface area contributed by atoms with Crippen molar-refractivity contribution >= 4 is 29.2 Å². The molecule has 0 aliphatic carbocycles. The first-order valence-corrected chi connectivity index (χ1v) is 7.56. The number of hydrogen-bond acceptors (Lipinski definition) is 5. The van der Waals surface area contributed by atoms with Crippen molar-refractivity contribution in [3.05, 3.63) is 58.2 Å². The monoisotopic (exact) mass is 300 g/mol. The molecule has 1 aliphatic heterocycles. The van der Waals surface area contributed by atoms with E-state index in [1.165, 1.54) is 22.3 Å². The Morgan fingerprint density at radius 1 is 1.33 bits per heavy atom. The fourth-order valence-electron chi connectivity index (χ4n) is 2.00. The lowest BCUT2D eigenvalue weighted by molar-refractivity contribution is 0.916. The fraction of sp³-hybridized carbons (Fsp3) is 0.188. The Kier molecular flexibility index (Phi) is 5.11. The van der Waals surface area contributed by atoms with Gasteiger partial charge in [0, 0.05) is 47.7 Å². The number of anilines is 1. The van der Waals surface area contributed by atoms with Crippen LogP contribution in [0.1, 0.15) is 12.5 Å². The Labute approximate surface area is 129 Å². The maximum Gasteiger partial charge on any atom is 0.0690 e. The third-order valence-electron chi connectivity index (χ3n) is 3.26. The van der Waals surface area contributed by atoms with Gasteiger partial charge in [0.05, 0.1) is 5.03 Å². The molecule has 0 saturated heterocycles. The van der Waals surface area contributed by atoms with Gasteiger partial charge in [-0.05, 0) is 23.8 Å². The van der Waals surface area contributed by atoms with E-state index in [4.69, 9.17) is 11.1 Å². The van der Waals surface area contributed by atoms with Crippen molar-refractivity contribution in [1.82, 2.24) is 5.32 Å². The van der Waals surface area contributed by atoms with Gasteiger partial charge in [-0.2, -0.15) is 0 Å². The van der Waals surface area contributed by atoms with E-state index in [-0.39, 0.29) is 0 Å². The van der Waals surface area contributed by atoms with Gasteiger partial charge in [0.15, 0.2) is 0 Å². The quantitative estimate of drug-likeness (QED) is 0.629. The highest BCUT2D eigenvalue weighted by Crippen LogP contribution is 2.38. The Bertz CT molecular complexity index is 599. The molecule has 0 spiro atoms. The number of rotatable bonds is 5. The minimum absolute atomic E-state index is 0.425. The predicted octanol–water partition coefficient (Wildman–Crippen LogP) is 3.33. The molecular weight excluding hydrogens is 280 g/mol. The molecule has 1 atom stereocenters. The van der Waals surface area contributed by atoms with Crippen molar-refractivity contribution in [2.75, 3.05) is 12.4 Å². The number of nitrogens with one attached hydrogen (secondary N) is 3. The molecule has 1 unspecified atom stereocenters. The van der Waals surface area contributed by atoms with Crippen molar-refractivity contribution < 1.29 is 0 Å². The maximum atomic E-state index is 7.29. The largest absolute Gasteiger partial charge is 0.404 e. The van der Waals surface area contributed by atoms with Crippen LogP contribution in [0.3, 0.4) is 0 Å². The van der Waals surface area contributed by atoms with Crippen LogP contribution in [-0.2, 0) is 0 Å². The van der Waals surface area contributed by atoms with Gasteiger partial charge in [-0.3, -0.25) is 0 Å². The van der Waals surface area contributed by atoms with Gasteiger partial charge >= 0.3 is 0 Å². The molecule has 2 rings (SSSR count). The first-order chi connectivity index (χ1) is 10.2. The van der Waals surface area contributed by atoms with Gasteiger partial charge in [0.1, 0.15) is 0 Å². The van der Waals surface area contributed by atoms with E-state index in [1.54, 1.807) is 11.8 Å². The second kappa shape index (κ2) is 7.04. The average Bonchev–Trinajstić information content (AvgIpc) is 2.88. The van der Waals surface area contributed by atoms with Gasteiger partial charge in [-0.1, -0.05) is 30.8 Å². The van der Waals surface area contributed by atoms with Crippen LogP contribution in [0.2, 0.25) is 0 Å². The van der Waals surface area contributed by atoms with Gasteiger partial charge < -0.3 is 21.8 Å². The topological polar surface area (TPSA) is 73.9 Å². The third kappa shape index (κ3) is 3.70. The molecular formula is C16H20N4S. The molecule has 1 aliphatic rings. The summed E-state index contributed by atoms with van der Waals surface area (Å²) in [5, 5.41) is 15.0. The number of hydrogen-bond donors (Lipinski definition) is 4. The molecule has 21 heavy (non-hydrogen) atoms. The second-order valence-corrected chi connectivity index (χ2v) is 5.82. The predicted molar refractivity (Wildman–Crippen MR) is 93.0 cm³/mol. The van der Waals surface area contributed by atoms with Crippen molar-refractivity contribution in [2.24, 2.45) is 11.7 Å². The van der Waals surface area contributed by atoms with E-state index in [9.17, 15) is 0 Å². The van der Waals surface area contributed by atoms with Crippen LogP contribution < -0.4 is 16.4 Å². The van der Waals surface area contributed by atoms with Crippen molar-refractivity contribution in [1.29, 1.82) is 5.41 Å². The highest BCUT2D eigenvalue weighted by molar-refractivity contribution is 8.07. The molecule has 1 aromatic rings. The minimum atomic E-state index is 0.425. The molecule has 1 aromatic carbocycles. The molecule has 0 amide bonds. The van der Waals surface area contributed by atoms with E-state index in [0.29, 0.717) is 11.5 Å². The first-order valence-electron chi connectivity index (χ1n) is 6.74. The molecule has 1 heterocycles. The highest BCUT2D eigenvalue weighted by Gasteiger charge is 2.17. The van der Waals surface area contributed by atoms with Crippen LogP contribution in [-0.4, -0.2) is 13.3 Å². The second-order valence-electron chi connectivity index (χ2n) is 4.71. The van der Waals surface area contributed by atoms with Gasteiger partial charge in [-0.15, -0.1) is 0 Å². The normalized spacial score (nSPS) is 20.3. The summed E-state index contributed by atoms with van der Waals surface area (Å²) in [6, 6.07) is 7.87. The number of thioether (sulfide) groups is 1. The summed E-state index contributed by atoms with van der Waals surface area (Å²) in [7, 11) is 1.94. The summed E-state index contributed by atoms with van der Waals surface area (Å²) in [6.45, 7) is 2.18. The summed E-state index contributed by atoms with van der Waals surface area (Å²) in [6.07, 6.45) is 6.95. The molecule has 5 N–H and O–H groups in total. The summed E-state index contributed by atoms with van der Waals surface area (Å²) in [5.74, 6) is 0.425. The molecule has 110 valence electrons. The fourth-order valence-corrected chi connectivity index (χ4v) is 3.00. The zero-order valence-electron chi connectivity index (χ0n) is 12.2. The van der Waals surface area contributed by atoms with E-state index >= 15 is 0 Å². The first kappa shape index (κ1) is 15.3. The molecule has 4 nitrogen and oxygen atoms in total. The molecule has 0 aromatic heterocycles. The molecule has 0 saturated carbocycles. The summed E-state index contributed by atoms with van der Waals surface area (Å²) in [4.78, 5) is 1.28. The van der Waals surface area contributed by atoms with E-state index in [2.05, 4.69) is 23.6 Å². The molecule has 0 fully saturated rings. The Balaban J connectivity index is 2.03. The zero-order valence-corrected chi connectivity index (χ0v) is 13.0. The number of nitrogens with two attached hydrogens (primary N) is 1. The highest BCUT2D eigenvalue weighted by atomic mass is 32.2. The van der Waals surface area contributed by atoms with E-state index in [0.717, 1.165) is 11.3 Å².